The van der Waals surface area contributed by atoms with Gasteiger partial charge in [-0.3, -0.25) is 4.79 Å². The Morgan fingerprint density at radius 2 is 1.92 bits per heavy atom. The van der Waals surface area contributed by atoms with Crippen LogP contribution in [0.4, 0.5) is 8.78 Å². The summed E-state index contributed by atoms with van der Waals surface area (Å²) in [6.07, 6.45) is 0.616. The molecule has 0 heterocycles. The van der Waals surface area contributed by atoms with Crippen LogP contribution in [-0.2, 0) is 11.2 Å². The fourth-order valence-corrected chi connectivity index (χ4v) is 2.85. The molecule has 0 fully saturated rings. The number of carbonyl (C=O) groups excluding carboxylic acids is 1. The predicted octanol–water partition coefficient (Wildman–Crippen LogP) is 3.75. The SMILES string of the molecule is COc1cccc(SCC(=O)NCCc2ccc(OC(F)F)cc2)c1. The summed E-state index contributed by atoms with van der Waals surface area (Å²) < 4.78 is 33.6. The molecular formula is C18H19F2NO3S. The van der Waals surface area contributed by atoms with Gasteiger partial charge in [0.1, 0.15) is 11.5 Å². The molecular weight excluding hydrogens is 348 g/mol. The van der Waals surface area contributed by atoms with E-state index >= 15 is 0 Å². The molecule has 2 aromatic carbocycles. The van der Waals surface area contributed by atoms with E-state index in [4.69, 9.17) is 4.74 Å². The molecule has 0 radical (unpaired) electrons. The first kappa shape index (κ1) is 19.1. The Labute approximate surface area is 149 Å². The summed E-state index contributed by atoms with van der Waals surface area (Å²) in [6.45, 7) is -2.35. The second kappa shape index (κ2) is 9.88. The third-order valence-electron chi connectivity index (χ3n) is 3.30. The number of alkyl halides is 2. The van der Waals surface area contributed by atoms with Gasteiger partial charge in [-0.05, 0) is 42.3 Å². The van der Waals surface area contributed by atoms with E-state index in [-0.39, 0.29) is 11.7 Å². The molecule has 0 aliphatic carbocycles. The van der Waals surface area contributed by atoms with Crippen molar-refractivity contribution in [2.75, 3.05) is 19.4 Å². The topological polar surface area (TPSA) is 47.6 Å². The molecule has 0 saturated carbocycles. The number of rotatable bonds is 9. The van der Waals surface area contributed by atoms with Crippen LogP contribution in [0.25, 0.3) is 0 Å². The largest absolute Gasteiger partial charge is 0.497 e. The van der Waals surface area contributed by atoms with Crippen molar-refractivity contribution >= 4 is 17.7 Å². The molecule has 25 heavy (non-hydrogen) atoms. The van der Waals surface area contributed by atoms with Crippen LogP contribution in [0.2, 0.25) is 0 Å². The molecule has 2 rings (SSSR count). The number of benzene rings is 2. The molecule has 0 atom stereocenters. The number of nitrogens with one attached hydrogen (secondary N) is 1. The second-order valence-electron chi connectivity index (χ2n) is 5.09. The van der Waals surface area contributed by atoms with E-state index in [9.17, 15) is 13.6 Å². The maximum atomic E-state index is 12.1. The Hall–Kier alpha value is -2.28. The lowest BCUT2D eigenvalue weighted by Crippen LogP contribution is -2.27. The van der Waals surface area contributed by atoms with Crippen molar-refractivity contribution in [1.29, 1.82) is 0 Å². The third kappa shape index (κ3) is 7.01. The summed E-state index contributed by atoms with van der Waals surface area (Å²) in [5, 5.41) is 2.83. The minimum absolute atomic E-state index is 0.0644. The zero-order valence-corrected chi connectivity index (χ0v) is 14.5. The lowest BCUT2D eigenvalue weighted by Gasteiger charge is -2.08. The van der Waals surface area contributed by atoms with Gasteiger partial charge in [0, 0.05) is 11.4 Å². The molecule has 0 spiro atoms. The minimum Gasteiger partial charge on any atom is -0.497 e. The number of thioether (sulfide) groups is 1. The number of amides is 1. The van der Waals surface area contributed by atoms with Gasteiger partial charge in [-0.15, -0.1) is 11.8 Å². The quantitative estimate of drug-likeness (QED) is 0.686. The summed E-state index contributed by atoms with van der Waals surface area (Å²) >= 11 is 1.43. The van der Waals surface area contributed by atoms with Gasteiger partial charge in [0.2, 0.25) is 5.91 Å². The Morgan fingerprint density at radius 1 is 1.16 bits per heavy atom. The summed E-state index contributed by atoms with van der Waals surface area (Å²) in [4.78, 5) is 12.8. The van der Waals surface area contributed by atoms with E-state index in [1.54, 1.807) is 19.2 Å². The standard InChI is InChI=1S/C18H19F2NO3S/c1-23-15-3-2-4-16(11-15)25-12-17(22)21-10-9-13-5-7-14(8-6-13)24-18(19)20/h2-8,11,18H,9-10,12H2,1H3,(H,21,22). The van der Waals surface area contributed by atoms with E-state index < -0.39 is 6.61 Å². The first-order valence-corrected chi connectivity index (χ1v) is 8.62. The van der Waals surface area contributed by atoms with Crippen LogP contribution in [0.1, 0.15) is 5.56 Å². The highest BCUT2D eigenvalue weighted by Gasteiger charge is 2.05. The molecule has 4 nitrogen and oxygen atoms in total. The summed E-state index contributed by atoms with van der Waals surface area (Å²) in [7, 11) is 1.60. The Kier molecular flexibility index (Phi) is 7.53. The maximum Gasteiger partial charge on any atom is 0.387 e. The minimum atomic E-state index is -2.83. The van der Waals surface area contributed by atoms with E-state index in [0.717, 1.165) is 16.2 Å². The molecule has 0 bridgehead atoms. The number of hydrogen-bond donors (Lipinski definition) is 1. The smallest absolute Gasteiger partial charge is 0.387 e. The van der Waals surface area contributed by atoms with Crippen molar-refractivity contribution in [2.24, 2.45) is 0 Å². The average Bonchev–Trinajstić information content (AvgIpc) is 2.61. The van der Waals surface area contributed by atoms with Gasteiger partial charge in [0.15, 0.2) is 0 Å². The monoisotopic (exact) mass is 367 g/mol. The number of ether oxygens (including phenoxy) is 2. The summed E-state index contributed by atoms with van der Waals surface area (Å²) in [5.74, 6) is 1.13. The maximum absolute atomic E-state index is 12.1. The predicted molar refractivity (Wildman–Crippen MR) is 93.5 cm³/mol. The van der Waals surface area contributed by atoms with Crippen LogP contribution < -0.4 is 14.8 Å². The summed E-state index contributed by atoms with van der Waals surface area (Å²) in [6, 6.07) is 13.9. The summed E-state index contributed by atoms with van der Waals surface area (Å²) in [5.41, 5.74) is 0.933. The van der Waals surface area contributed by atoms with Gasteiger partial charge in [-0.2, -0.15) is 8.78 Å². The highest BCUT2D eigenvalue weighted by molar-refractivity contribution is 8.00. The molecule has 0 unspecified atom stereocenters. The Morgan fingerprint density at radius 3 is 2.60 bits per heavy atom. The van der Waals surface area contributed by atoms with E-state index in [2.05, 4.69) is 10.1 Å². The molecule has 1 N–H and O–H groups in total. The highest BCUT2D eigenvalue weighted by Crippen LogP contribution is 2.22. The second-order valence-corrected chi connectivity index (χ2v) is 6.14. The lowest BCUT2D eigenvalue weighted by molar-refractivity contribution is -0.118. The molecule has 1 amide bonds. The zero-order valence-electron chi connectivity index (χ0n) is 13.7. The molecule has 2 aromatic rings. The van der Waals surface area contributed by atoms with Gasteiger partial charge in [-0.25, -0.2) is 0 Å². The normalized spacial score (nSPS) is 10.6. The molecule has 0 aliphatic rings. The Bertz CT molecular complexity index is 680. The van der Waals surface area contributed by atoms with Crippen LogP contribution in [0.3, 0.4) is 0 Å². The molecule has 0 aromatic heterocycles. The highest BCUT2D eigenvalue weighted by atomic mass is 32.2. The van der Waals surface area contributed by atoms with Crippen LogP contribution >= 0.6 is 11.8 Å². The van der Waals surface area contributed by atoms with Crippen LogP contribution in [-0.4, -0.2) is 31.9 Å². The number of carbonyl (C=O) groups is 1. The van der Waals surface area contributed by atoms with Crippen LogP contribution in [0.15, 0.2) is 53.4 Å². The van der Waals surface area contributed by atoms with E-state index in [1.165, 1.54) is 23.9 Å². The molecule has 0 aliphatic heterocycles. The van der Waals surface area contributed by atoms with Crippen LogP contribution in [0.5, 0.6) is 11.5 Å². The molecule has 0 saturated heterocycles. The van der Waals surface area contributed by atoms with Gasteiger partial charge in [-0.1, -0.05) is 18.2 Å². The Balaban J connectivity index is 1.69. The zero-order chi connectivity index (χ0) is 18.1. The number of halogens is 2. The van der Waals surface area contributed by atoms with E-state index in [0.29, 0.717) is 18.7 Å². The van der Waals surface area contributed by atoms with Crippen molar-refractivity contribution < 1.29 is 23.0 Å². The van der Waals surface area contributed by atoms with Crippen molar-refractivity contribution in [1.82, 2.24) is 5.32 Å². The van der Waals surface area contributed by atoms with Gasteiger partial charge in [0.05, 0.1) is 12.9 Å². The molecule has 134 valence electrons. The van der Waals surface area contributed by atoms with Crippen molar-refractivity contribution in [3.05, 3.63) is 54.1 Å². The van der Waals surface area contributed by atoms with E-state index in [1.807, 2.05) is 24.3 Å². The lowest BCUT2D eigenvalue weighted by atomic mass is 10.1. The fraction of sp³-hybridized carbons (Fsp3) is 0.278. The van der Waals surface area contributed by atoms with Crippen LogP contribution in [0, 0.1) is 0 Å². The van der Waals surface area contributed by atoms with Crippen molar-refractivity contribution in [3.63, 3.8) is 0 Å². The first-order chi connectivity index (χ1) is 12.1. The third-order valence-corrected chi connectivity index (χ3v) is 4.29. The van der Waals surface area contributed by atoms with Gasteiger partial charge >= 0.3 is 6.61 Å². The van der Waals surface area contributed by atoms with Crippen molar-refractivity contribution in [3.8, 4) is 11.5 Å². The van der Waals surface area contributed by atoms with Crippen molar-refractivity contribution in [2.45, 2.75) is 17.9 Å². The fourth-order valence-electron chi connectivity index (χ4n) is 2.07. The number of hydrogen-bond acceptors (Lipinski definition) is 4. The average molecular weight is 367 g/mol. The first-order valence-electron chi connectivity index (χ1n) is 7.64. The molecule has 7 heteroatoms. The van der Waals surface area contributed by atoms with Gasteiger partial charge in [0.25, 0.3) is 0 Å². The number of methoxy groups -OCH3 is 1. The van der Waals surface area contributed by atoms with Gasteiger partial charge < -0.3 is 14.8 Å².